The van der Waals surface area contributed by atoms with E-state index in [-0.39, 0.29) is 0 Å². The predicted octanol–water partition coefficient (Wildman–Crippen LogP) is 3.54. The summed E-state index contributed by atoms with van der Waals surface area (Å²) in [5, 5.41) is 0. The van der Waals surface area contributed by atoms with Crippen LogP contribution >= 0.6 is 27.5 Å². The quantitative estimate of drug-likeness (QED) is 0.536. The molecule has 1 aromatic rings. The van der Waals surface area contributed by atoms with Gasteiger partial charge in [0.15, 0.2) is 0 Å². The van der Waals surface area contributed by atoms with Crippen molar-refractivity contribution in [3.8, 4) is 5.75 Å². The maximum Gasteiger partial charge on any atom is 0.126 e. The third-order valence-electron chi connectivity index (χ3n) is 2.37. The van der Waals surface area contributed by atoms with Crippen LogP contribution in [0.5, 0.6) is 5.75 Å². The Balaban J connectivity index is 2.46. The monoisotopic (exact) mass is 336 g/mol. The second kappa shape index (κ2) is 8.75. The molecule has 0 aliphatic carbocycles. The van der Waals surface area contributed by atoms with Crippen molar-refractivity contribution in [3.63, 3.8) is 0 Å². The largest absolute Gasteiger partial charge is 0.491 e. The highest BCUT2D eigenvalue weighted by molar-refractivity contribution is 9.10. The zero-order valence-corrected chi connectivity index (χ0v) is 13.0. The number of hydrogen-bond acceptors (Lipinski definition) is 3. The van der Waals surface area contributed by atoms with Gasteiger partial charge in [-0.15, -0.1) is 11.6 Å². The molecule has 0 saturated heterocycles. The minimum Gasteiger partial charge on any atom is -0.491 e. The molecule has 0 spiro atoms. The topological polar surface area (TPSA) is 27.7 Å². The Labute approximate surface area is 121 Å². The fourth-order valence-electron chi connectivity index (χ4n) is 1.55. The van der Waals surface area contributed by atoms with E-state index >= 15 is 0 Å². The number of rotatable bonds is 8. The summed E-state index contributed by atoms with van der Waals surface area (Å²) in [7, 11) is 1.65. The molecule has 0 aromatic heterocycles. The molecule has 18 heavy (non-hydrogen) atoms. The van der Waals surface area contributed by atoms with Crippen LogP contribution in [0.2, 0.25) is 0 Å². The molecular formula is C13H18BrClO3. The maximum atomic E-state index is 5.91. The molecule has 0 saturated carbocycles. The Morgan fingerprint density at radius 2 is 1.89 bits per heavy atom. The minimum atomic E-state index is 0.431. The van der Waals surface area contributed by atoms with Gasteiger partial charge in [0.25, 0.3) is 0 Å². The fraction of sp³-hybridized carbons (Fsp3) is 0.538. The second-order valence-corrected chi connectivity index (χ2v) is 4.98. The van der Waals surface area contributed by atoms with E-state index in [9.17, 15) is 0 Å². The van der Waals surface area contributed by atoms with Gasteiger partial charge in [-0.2, -0.15) is 0 Å². The normalized spacial score (nSPS) is 10.7. The lowest BCUT2D eigenvalue weighted by Gasteiger charge is -2.13. The van der Waals surface area contributed by atoms with E-state index in [4.69, 9.17) is 25.8 Å². The van der Waals surface area contributed by atoms with Crippen molar-refractivity contribution < 1.29 is 14.2 Å². The summed E-state index contributed by atoms with van der Waals surface area (Å²) in [5.74, 6) is 1.28. The molecule has 3 nitrogen and oxygen atoms in total. The van der Waals surface area contributed by atoms with Crippen LogP contribution < -0.4 is 4.74 Å². The number of aryl methyl sites for hydroxylation is 1. The molecule has 0 amide bonds. The van der Waals surface area contributed by atoms with Gasteiger partial charge in [0.1, 0.15) is 12.4 Å². The van der Waals surface area contributed by atoms with E-state index in [0.717, 1.165) is 21.3 Å². The Morgan fingerprint density at radius 3 is 2.56 bits per heavy atom. The lowest BCUT2D eigenvalue weighted by atomic mass is 10.1. The van der Waals surface area contributed by atoms with Crippen molar-refractivity contribution in [2.24, 2.45) is 0 Å². The number of ether oxygens (including phenoxy) is 3. The summed E-state index contributed by atoms with van der Waals surface area (Å²) in [6, 6.07) is 3.98. The number of methoxy groups -OCH3 is 1. The van der Waals surface area contributed by atoms with Crippen LogP contribution in [0, 0.1) is 6.92 Å². The molecule has 0 heterocycles. The number of benzene rings is 1. The summed E-state index contributed by atoms with van der Waals surface area (Å²) in [4.78, 5) is 0. The van der Waals surface area contributed by atoms with Gasteiger partial charge in [-0.25, -0.2) is 0 Å². The molecule has 0 radical (unpaired) electrons. The van der Waals surface area contributed by atoms with Crippen LogP contribution in [-0.2, 0) is 15.4 Å². The Morgan fingerprint density at radius 1 is 1.17 bits per heavy atom. The summed E-state index contributed by atoms with van der Waals surface area (Å²) >= 11 is 9.35. The van der Waals surface area contributed by atoms with Gasteiger partial charge in [-0.05, 0) is 24.6 Å². The molecule has 5 heteroatoms. The van der Waals surface area contributed by atoms with Gasteiger partial charge in [0.05, 0.1) is 25.7 Å². The first-order chi connectivity index (χ1) is 8.69. The molecule has 0 N–H and O–H groups in total. The average Bonchev–Trinajstić information content (AvgIpc) is 2.35. The van der Waals surface area contributed by atoms with E-state index in [1.807, 2.05) is 19.1 Å². The molecule has 0 atom stereocenters. The number of alkyl halides is 1. The highest BCUT2D eigenvalue weighted by Gasteiger charge is 2.08. The zero-order chi connectivity index (χ0) is 13.4. The zero-order valence-electron chi connectivity index (χ0n) is 10.7. The molecular weight excluding hydrogens is 319 g/mol. The van der Waals surface area contributed by atoms with E-state index in [1.165, 1.54) is 0 Å². The van der Waals surface area contributed by atoms with E-state index < -0.39 is 0 Å². The van der Waals surface area contributed by atoms with Gasteiger partial charge in [-0.3, -0.25) is 0 Å². The molecule has 1 aromatic carbocycles. The van der Waals surface area contributed by atoms with Crippen molar-refractivity contribution in [2.45, 2.75) is 12.8 Å². The molecule has 0 aliphatic rings. The van der Waals surface area contributed by atoms with Gasteiger partial charge in [0.2, 0.25) is 0 Å². The van der Waals surface area contributed by atoms with E-state index in [2.05, 4.69) is 15.9 Å². The molecule has 0 aliphatic heterocycles. The van der Waals surface area contributed by atoms with Crippen LogP contribution in [-0.4, -0.2) is 33.5 Å². The van der Waals surface area contributed by atoms with E-state index in [1.54, 1.807) is 7.11 Å². The maximum absolute atomic E-state index is 5.91. The van der Waals surface area contributed by atoms with Gasteiger partial charge < -0.3 is 14.2 Å². The number of halogens is 2. The van der Waals surface area contributed by atoms with Crippen LogP contribution in [0.15, 0.2) is 16.6 Å². The second-order valence-electron chi connectivity index (χ2n) is 3.80. The van der Waals surface area contributed by atoms with Crippen molar-refractivity contribution >= 4 is 27.5 Å². The average molecular weight is 338 g/mol. The fourth-order valence-corrected chi connectivity index (χ4v) is 2.37. The molecule has 0 bridgehead atoms. The number of hydrogen-bond donors (Lipinski definition) is 0. The summed E-state index contributed by atoms with van der Waals surface area (Å²) in [5.41, 5.74) is 2.05. The molecule has 0 fully saturated rings. The third kappa shape index (κ3) is 5.14. The lowest BCUT2D eigenvalue weighted by Crippen LogP contribution is -2.11. The van der Waals surface area contributed by atoms with Crippen molar-refractivity contribution in [2.75, 3.05) is 33.5 Å². The first-order valence-corrected chi connectivity index (χ1v) is 7.06. The summed E-state index contributed by atoms with van der Waals surface area (Å²) in [6.45, 7) is 4.24. The van der Waals surface area contributed by atoms with Crippen molar-refractivity contribution in [1.29, 1.82) is 0 Å². The Kier molecular flexibility index (Phi) is 7.66. The summed E-state index contributed by atoms with van der Waals surface area (Å²) < 4.78 is 17.0. The third-order valence-corrected chi connectivity index (χ3v) is 3.11. The van der Waals surface area contributed by atoms with Gasteiger partial charge >= 0.3 is 0 Å². The van der Waals surface area contributed by atoms with Crippen LogP contribution in [0.4, 0.5) is 0 Å². The summed E-state index contributed by atoms with van der Waals surface area (Å²) in [6.07, 6.45) is 0. The minimum absolute atomic E-state index is 0.431. The molecule has 102 valence electrons. The first-order valence-electron chi connectivity index (χ1n) is 5.73. The SMILES string of the molecule is COCCOCCOc1c(C)cc(Br)cc1CCl. The van der Waals surface area contributed by atoms with Crippen molar-refractivity contribution in [1.82, 2.24) is 0 Å². The Hall–Kier alpha value is -0.290. The first kappa shape index (κ1) is 15.8. The van der Waals surface area contributed by atoms with Crippen LogP contribution in [0.3, 0.4) is 0 Å². The standard InChI is InChI=1S/C13H18BrClO3/c1-10-7-12(14)8-11(9-15)13(10)18-6-5-17-4-3-16-2/h7-8H,3-6,9H2,1-2H3. The van der Waals surface area contributed by atoms with Crippen molar-refractivity contribution in [3.05, 3.63) is 27.7 Å². The van der Waals surface area contributed by atoms with Gasteiger partial charge in [0, 0.05) is 17.1 Å². The smallest absolute Gasteiger partial charge is 0.126 e. The van der Waals surface area contributed by atoms with Crippen LogP contribution in [0.1, 0.15) is 11.1 Å². The predicted molar refractivity (Wildman–Crippen MR) is 76.6 cm³/mol. The lowest BCUT2D eigenvalue weighted by molar-refractivity contribution is 0.0542. The van der Waals surface area contributed by atoms with Crippen LogP contribution in [0.25, 0.3) is 0 Å². The highest BCUT2D eigenvalue weighted by Crippen LogP contribution is 2.29. The molecule has 0 unspecified atom stereocenters. The highest BCUT2D eigenvalue weighted by atomic mass is 79.9. The van der Waals surface area contributed by atoms with Gasteiger partial charge in [-0.1, -0.05) is 15.9 Å². The van der Waals surface area contributed by atoms with E-state index in [0.29, 0.717) is 32.3 Å². The Bertz CT molecular complexity index is 371. The molecule has 1 rings (SSSR count).